The van der Waals surface area contributed by atoms with Gasteiger partial charge < -0.3 is 4.57 Å². The summed E-state index contributed by atoms with van der Waals surface area (Å²) >= 11 is 0. The van der Waals surface area contributed by atoms with Crippen LogP contribution in [0.4, 0.5) is 0 Å². The van der Waals surface area contributed by atoms with Crippen LogP contribution in [0.2, 0.25) is 0 Å². The minimum Gasteiger partial charge on any atom is -0.344 e. The van der Waals surface area contributed by atoms with Gasteiger partial charge in [-0.1, -0.05) is 109 Å². The number of nitrogens with zero attached hydrogens (tertiary/aromatic N) is 1. The van der Waals surface area contributed by atoms with Gasteiger partial charge in [-0.15, -0.1) is 0 Å². The largest absolute Gasteiger partial charge is 0.344 e. The van der Waals surface area contributed by atoms with Crippen LogP contribution < -0.4 is 0 Å². The van der Waals surface area contributed by atoms with Crippen LogP contribution >= 0.6 is 0 Å². The van der Waals surface area contributed by atoms with Crippen molar-refractivity contribution in [2.75, 3.05) is 0 Å². The smallest absolute Gasteiger partial charge is 0.0726 e. The molecule has 0 N–H and O–H groups in total. The van der Waals surface area contributed by atoms with Gasteiger partial charge in [0.05, 0.1) is 5.41 Å². The minimum atomic E-state index is -0.307. The first-order valence-electron chi connectivity index (χ1n) is 13.7. The Hall–Kier alpha value is -4.88. The second-order valence-electron chi connectivity index (χ2n) is 11.0. The topological polar surface area (TPSA) is 4.93 Å². The molecule has 182 valence electrons. The third kappa shape index (κ3) is 2.51. The van der Waals surface area contributed by atoms with Gasteiger partial charge in [-0.3, -0.25) is 0 Å². The van der Waals surface area contributed by atoms with Crippen LogP contribution in [0, 0.1) is 0 Å². The van der Waals surface area contributed by atoms with Crippen molar-refractivity contribution in [2.45, 2.75) is 5.41 Å². The Kier molecular flexibility index (Phi) is 3.98. The zero-order chi connectivity index (χ0) is 25.7. The van der Waals surface area contributed by atoms with E-state index in [1.165, 1.54) is 77.4 Å². The maximum atomic E-state index is 2.49. The van der Waals surface area contributed by atoms with E-state index in [1.807, 2.05) is 0 Å². The number of hydrogen-bond donors (Lipinski definition) is 0. The number of fused-ring (bicyclic) bond motifs is 13. The quantitative estimate of drug-likeness (QED) is 0.214. The molecule has 1 heterocycles. The highest BCUT2D eigenvalue weighted by molar-refractivity contribution is 6.12. The number of rotatable bonds is 1. The molecule has 1 heteroatoms. The number of benzene rings is 6. The summed E-state index contributed by atoms with van der Waals surface area (Å²) in [7, 11) is 2.21. The van der Waals surface area contributed by atoms with Crippen molar-refractivity contribution in [3.05, 3.63) is 156 Å². The lowest BCUT2D eigenvalue weighted by Crippen LogP contribution is -2.25. The molecular weight excluding hydrogens is 470 g/mol. The van der Waals surface area contributed by atoms with E-state index in [-0.39, 0.29) is 5.41 Å². The normalized spacial score (nSPS) is 14.0. The van der Waals surface area contributed by atoms with Crippen molar-refractivity contribution in [3.8, 4) is 33.4 Å². The monoisotopic (exact) mass is 495 g/mol. The molecule has 2 aliphatic carbocycles. The average molecular weight is 496 g/mol. The summed E-state index contributed by atoms with van der Waals surface area (Å²) in [6.07, 6.45) is 0. The summed E-state index contributed by atoms with van der Waals surface area (Å²) in [5.74, 6) is 0. The Morgan fingerprint density at radius 2 is 0.949 bits per heavy atom. The van der Waals surface area contributed by atoms with Crippen molar-refractivity contribution in [1.29, 1.82) is 0 Å². The molecule has 0 saturated carbocycles. The molecule has 9 rings (SSSR count). The fraction of sp³-hybridized carbons (Fsp3) is 0.0526. The maximum Gasteiger partial charge on any atom is 0.0726 e. The number of hydrogen-bond acceptors (Lipinski definition) is 0. The third-order valence-electron chi connectivity index (χ3n) is 9.23. The molecule has 0 bridgehead atoms. The second kappa shape index (κ2) is 7.36. The Morgan fingerprint density at radius 1 is 0.410 bits per heavy atom. The molecule has 0 saturated heterocycles. The highest BCUT2D eigenvalue weighted by Gasteiger charge is 2.51. The first-order chi connectivity index (χ1) is 19.3. The average Bonchev–Trinajstić information content (AvgIpc) is 3.58. The molecule has 0 unspecified atom stereocenters. The van der Waals surface area contributed by atoms with Crippen LogP contribution in [-0.4, -0.2) is 4.57 Å². The molecule has 1 spiro atoms. The van der Waals surface area contributed by atoms with Crippen LogP contribution in [0.15, 0.2) is 133 Å². The lowest BCUT2D eigenvalue weighted by atomic mass is 9.70. The standard InChI is InChI=1S/C38H25N/c1-39-36-20-19-25(24-11-3-2-4-12-24)21-30(36)31-22-29-28-15-7-10-18-34(28)38(35(29)23-37(31)39)32-16-8-5-13-26(32)27-14-6-9-17-33(27)38/h2-23H,1H3. The summed E-state index contributed by atoms with van der Waals surface area (Å²) < 4.78 is 2.38. The van der Waals surface area contributed by atoms with Gasteiger partial charge in [-0.25, -0.2) is 0 Å². The van der Waals surface area contributed by atoms with Crippen molar-refractivity contribution in [1.82, 2.24) is 4.57 Å². The van der Waals surface area contributed by atoms with E-state index in [4.69, 9.17) is 0 Å². The van der Waals surface area contributed by atoms with Crippen molar-refractivity contribution < 1.29 is 0 Å². The van der Waals surface area contributed by atoms with Crippen LogP contribution in [0.3, 0.4) is 0 Å². The minimum absolute atomic E-state index is 0.307. The van der Waals surface area contributed by atoms with Gasteiger partial charge in [0.1, 0.15) is 0 Å². The van der Waals surface area contributed by atoms with Gasteiger partial charge in [-0.2, -0.15) is 0 Å². The lowest BCUT2D eigenvalue weighted by molar-refractivity contribution is 0.794. The van der Waals surface area contributed by atoms with Gasteiger partial charge in [0.2, 0.25) is 0 Å². The molecular formula is C38H25N. The fourth-order valence-electron chi connectivity index (χ4n) is 7.60. The zero-order valence-electron chi connectivity index (χ0n) is 21.6. The predicted molar refractivity (Wildman–Crippen MR) is 162 cm³/mol. The molecule has 0 amide bonds. The summed E-state index contributed by atoms with van der Waals surface area (Å²) in [5, 5.41) is 2.62. The Labute approximate surface area is 227 Å². The maximum absolute atomic E-state index is 2.49. The molecule has 1 nitrogen and oxygen atoms in total. The molecule has 2 aliphatic rings. The van der Waals surface area contributed by atoms with Gasteiger partial charge in [0.25, 0.3) is 0 Å². The molecule has 0 atom stereocenters. The van der Waals surface area contributed by atoms with Gasteiger partial charge in [-0.05, 0) is 79.9 Å². The summed E-state index contributed by atoms with van der Waals surface area (Å²) in [5.41, 5.74) is 15.7. The summed E-state index contributed by atoms with van der Waals surface area (Å²) in [6.45, 7) is 0. The fourth-order valence-corrected chi connectivity index (χ4v) is 7.60. The summed E-state index contributed by atoms with van der Waals surface area (Å²) in [4.78, 5) is 0. The SMILES string of the molecule is Cn1c2ccc(-c3ccccc3)cc2c2cc3c(cc21)C1(c2ccccc2-c2ccccc21)c1ccccc1-3. The molecule has 7 aromatic rings. The number of aromatic nitrogens is 1. The summed E-state index contributed by atoms with van der Waals surface area (Å²) in [6, 6.07) is 49.7. The van der Waals surface area contributed by atoms with Crippen LogP contribution in [0.5, 0.6) is 0 Å². The van der Waals surface area contributed by atoms with E-state index >= 15 is 0 Å². The zero-order valence-corrected chi connectivity index (χ0v) is 21.6. The molecule has 0 fully saturated rings. The second-order valence-corrected chi connectivity index (χ2v) is 11.0. The van der Waals surface area contributed by atoms with Gasteiger partial charge in [0, 0.05) is 28.9 Å². The Bertz CT molecular complexity index is 2080. The van der Waals surface area contributed by atoms with Crippen molar-refractivity contribution in [2.24, 2.45) is 7.05 Å². The highest BCUT2D eigenvalue weighted by Crippen LogP contribution is 2.63. The molecule has 0 aliphatic heterocycles. The van der Waals surface area contributed by atoms with E-state index < -0.39 is 0 Å². The van der Waals surface area contributed by atoms with E-state index in [0.29, 0.717) is 0 Å². The highest BCUT2D eigenvalue weighted by atomic mass is 14.9. The third-order valence-corrected chi connectivity index (χ3v) is 9.23. The van der Waals surface area contributed by atoms with E-state index in [9.17, 15) is 0 Å². The molecule has 1 aromatic heterocycles. The van der Waals surface area contributed by atoms with Crippen LogP contribution in [-0.2, 0) is 12.5 Å². The molecule has 0 radical (unpaired) electrons. The van der Waals surface area contributed by atoms with Crippen molar-refractivity contribution in [3.63, 3.8) is 0 Å². The predicted octanol–water partition coefficient (Wildman–Crippen LogP) is 9.34. The molecule has 39 heavy (non-hydrogen) atoms. The first-order valence-corrected chi connectivity index (χ1v) is 13.7. The van der Waals surface area contributed by atoms with Crippen LogP contribution in [0.25, 0.3) is 55.2 Å². The van der Waals surface area contributed by atoms with E-state index in [1.54, 1.807) is 0 Å². The Morgan fingerprint density at radius 3 is 1.59 bits per heavy atom. The Balaban J connectivity index is 1.42. The lowest BCUT2D eigenvalue weighted by Gasteiger charge is -2.30. The number of aryl methyl sites for hydroxylation is 1. The van der Waals surface area contributed by atoms with E-state index in [2.05, 4.69) is 145 Å². The van der Waals surface area contributed by atoms with E-state index in [0.717, 1.165) is 0 Å². The molecule has 6 aromatic carbocycles. The van der Waals surface area contributed by atoms with Crippen LogP contribution in [0.1, 0.15) is 22.3 Å². The van der Waals surface area contributed by atoms with Gasteiger partial charge >= 0.3 is 0 Å². The first kappa shape index (κ1) is 21.1. The van der Waals surface area contributed by atoms with Crippen molar-refractivity contribution >= 4 is 21.8 Å². The van der Waals surface area contributed by atoms with Gasteiger partial charge in [0.15, 0.2) is 0 Å².